The number of likely N-dealkylation sites (tertiary alicyclic amines) is 1. The average Bonchev–Trinajstić information content (AvgIpc) is 1.77. The van der Waals surface area contributed by atoms with Gasteiger partial charge in [0.25, 0.3) is 0 Å². The summed E-state index contributed by atoms with van der Waals surface area (Å²) in [4.78, 5) is 2.31. The Bertz CT molecular complexity index is 57.3. The Kier molecular flexibility index (Phi) is 5.38. The Morgan fingerprint density at radius 3 is 2.67 bits per heavy atom. The van der Waals surface area contributed by atoms with E-state index in [1.807, 2.05) is 0 Å². The minimum atomic E-state index is 0. The van der Waals surface area contributed by atoms with Crippen molar-refractivity contribution in [3.8, 4) is 0 Å². The summed E-state index contributed by atoms with van der Waals surface area (Å²) in [5.41, 5.74) is 0. The molecular weight excluding hydrogens is 187 g/mol. The van der Waals surface area contributed by atoms with Gasteiger partial charge in [0.15, 0.2) is 0 Å². The fourth-order valence-corrected chi connectivity index (χ4v) is 0.924. The molecule has 0 aromatic carbocycles. The topological polar surface area (TPSA) is 3.24 Å². The van der Waals surface area contributed by atoms with Crippen molar-refractivity contribution in [3.05, 3.63) is 13.3 Å². The Morgan fingerprint density at radius 2 is 2.33 bits per heavy atom. The molecule has 1 atom stereocenters. The molecule has 1 aliphatic heterocycles. The predicted molar refractivity (Wildman–Crippen MR) is 35.3 cm³/mol. The van der Waals surface area contributed by atoms with E-state index in [9.17, 15) is 0 Å². The van der Waals surface area contributed by atoms with Crippen LogP contribution in [-0.2, 0) is 32.7 Å². The first-order valence-corrected chi connectivity index (χ1v) is 3.14. The molecule has 1 fully saturated rings. The van der Waals surface area contributed by atoms with Crippen molar-refractivity contribution in [1.82, 2.24) is 4.90 Å². The fraction of sp³-hybridized carbons (Fsp3) is 0.714. The molecule has 0 amide bonds. The molecule has 1 rings (SSSR count). The molecule has 0 aromatic heterocycles. The van der Waals surface area contributed by atoms with E-state index >= 15 is 0 Å². The van der Waals surface area contributed by atoms with Crippen molar-refractivity contribution < 1.29 is 32.7 Å². The zero-order valence-electron chi connectivity index (χ0n) is 6.01. The monoisotopic (exact) mass is 200 g/mol. The van der Waals surface area contributed by atoms with Gasteiger partial charge in [0.1, 0.15) is 0 Å². The first kappa shape index (κ1) is 10.1. The van der Waals surface area contributed by atoms with Gasteiger partial charge in [0.05, 0.1) is 0 Å². The van der Waals surface area contributed by atoms with Crippen LogP contribution in [0.1, 0.15) is 6.42 Å². The van der Waals surface area contributed by atoms with E-state index in [1.54, 1.807) is 0 Å². The standard InChI is InChI=1S/C7H13N.Y/c1-7-3-5-8(2)6-4-7;/h3,7H,1,4-6H2,2H3;/q-2;. The molecule has 1 nitrogen and oxygen atoms in total. The summed E-state index contributed by atoms with van der Waals surface area (Å²) in [6, 6.07) is 0. The van der Waals surface area contributed by atoms with Crippen LogP contribution in [-0.4, -0.2) is 25.0 Å². The summed E-state index contributed by atoms with van der Waals surface area (Å²) in [5, 5.41) is 0. The first-order chi connectivity index (χ1) is 3.79. The van der Waals surface area contributed by atoms with Crippen LogP contribution in [0.2, 0.25) is 0 Å². The zero-order chi connectivity index (χ0) is 5.98. The van der Waals surface area contributed by atoms with E-state index in [4.69, 9.17) is 0 Å². The van der Waals surface area contributed by atoms with Crippen LogP contribution in [0, 0.1) is 19.3 Å². The van der Waals surface area contributed by atoms with Gasteiger partial charge in [0.2, 0.25) is 0 Å². The van der Waals surface area contributed by atoms with E-state index < -0.39 is 0 Å². The van der Waals surface area contributed by atoms with Crippen LogP contribution in [0.5, 0.6) is 0 Å². The van der Waals surface area contributed by atoms with Crippen molar-refractivity contribution in [2.45, 2.75) is 6.42 Å². The van der Waals surface area contributed by atoms with Crippen molar-refractivity contribution in [2.24, 2.45) is 5.92 Å². The van der Waals surface area contributed by atoms with E-state index in [-0.39, 0.29) is 32.7 Å². The van der Waals surface area contributed by atoms with Crippen molar-refractivity contribution in [1.29, 1.82) is 0 Å². The molecule has 1 saturated heterocycles. The number of piperidine rings is 1. The summed E-state index contributed by atoms with van der Waals surface area (Å²) in [6.45, 7) is 6.28. The fourth-order valence-electron chi connectivity index (χ4n) is 0.924. The molecule has 9 heavy (non-hydrogen) atoms. The molecule has 0 bridgehead atoms. The predicted octanol–water partition coefficient (Wildman–Crippen LogP) is 0.974. The third-order valence-corrected chi connectivity index (χ3v) is 1.63. The molecule has 1 aliphatic rings. The Labute approximate surface area is 83.1 Å². The molecule has 0 saturated carbocycles. The molecule has 1 unspecified atom stereocenters. The normalized spacial score (nSPS) is 29.3. The van der Waals surface area contributed by atoms with Gasteiger partial charge < -0.3 is 18.2 Å². The Hall–Kier alpha value is 1.06. The van der Waals surface area contributed by atoms with Crippen molar-refractivity contribution in [2.75, 3.05) is 20.1 Å². The maximum Gasteiger partial charge on any atom is 0 e. The number of rotatable bonds is 0. The maximum absolute atomic E-state index is 3.95. The summed E-state index contributed by atoms with van der Waals surface area (Å²) in [5.74, 6) is 0.603. The summed E-state index contributed by atoms with van der Waals surface area (Å²) in [6.07, 6.45) is 3.50. The van der Waals surface area contributed by atoms with E-state index in [0.717, 1.165) is 6.54 Å². The second-order valence-electron chi connectivity index (χ2n) is 2.55. The van der Waals surface area contributed by atoms with Crippen LogP contribution >= 0.6 is 0 Å². The SMILES string of the molecule is [CH2-]C1[CH-]CN(C)CC1.[Y]. The Morgan fingerprint density at radius 1 is 1.67 bits per heavy atom. The largest absolute Gasteiger partial charge is 0.369 e. The summed E-state index contributed by atoms with van der Waals surface area (Å²) >= 11 is 0. The molecular formula is C7H13NY-2. The average molecular weight is 200 g/mol. The van der Waals surface area contributed by atoms with Gasteiger partial charge in [-0.3, -0.25) is 5.92 Å². The van der Waals surface area contributed by atoms with Crippen LogP contribution in [0.15, 0.2) is 0 Å². The number of hydrogen-bond acceptors (Lipinski definition) is 1. The van der Waals surface area contributed by atoms with Crippen LogP contribution in [0.3, 0.4) is 0 Å². The minimum absolute atomic E-state index is 0. The van der Waals surface area contributed by atoms with Gasteiger partial charge in [-0.1, -0.05) is 6.42 Å². The molecule has 0 spiro atoms. The number of nitrogens with zero attached hydrogens (tertiary/aromatic N) is 1. The van der Waals surface area contributed by atoms with Gasteiger partial charge in [0, 0.05) is 32.7 Å². The van der Waals surface area contributed by atoms with Gasteiger partial charge in [-0.15, -0.1) is 6.54 Å². The van der Waals surface area contributed by atoms with Gasteiger partial charge in [-0.05, 0) is 13.6 Å². The molecule has 51 valence electrons. The third-order valence-electron chi connectivity index (χ3n) is 1.63. The maximum atomic E-state index is 3.95. The summed E-state index contributed by atoms with van der Waals surface area (Å²) in [7, 11) is 2.14. The van der Waals surface area contributed by atoms with E-state index in [2.05, 4.69) is 25.3 Å². The summed E-state index contributed by atoms with van der Waals surface area (Å²) < 4.78 is 0. The smallest absolute Gasteiger partial charge is 0 e. The molecule has 0 N–H and O–H groups in total. The van der Waals surface area contributed by atoms with Crippen LogP contribution in [0.4, 0.5) is 0 Å². The molecule has 0 aromatic rings. The second kappa shape index (κ2) is 4.81. The van der Waals surface area contributed by atoms with Gasteiger partial charge in [-0.2, -0.15) is 0 Å². The van der Waals surface area contributed by atoms with E-state index in [1.165, 1.54) is 13.0 Å². The zero-order valence-corrected chi connectivity index (χ0v) is 8.85. The van der Waals surface area contributed by atoms with Crippen molar-refractivity contribution in [3.63, 3.8) is 0 Å². The second-order valence-corrected chi connectivity index (χ2v) is 2.55. The van der Waals surface area contributed by atoms with Crippen LogP contribution in [0.25, 0.3) is 0 Å². The van der Waals surface area contributed by atoms with Gasteiger partial charge in [-0.25, -0.2) is 0 Å². The minimum Gasteiger partial charge on any atom is -0.369 e. The molecule has 2 heteroatoms. The third kappa shape index (κ3) is 3.69. The van der Waals surface area contributed by atoms with Gasteiger partial charge >= 0.3 is 0 Å². The molecule has 1 heterocycles. The number of hydrogen-bond donors (Lipinski definition) is 0. The first-order valence-electron chi connectivity index (χ1n) is 3.14. The van der Waals surface area contributed by atoms with E-state index in [0.29, 0.717) is 5.92 Å². The quantitative estimate of drug-likeness (QED) is 0.527. The van der Waals surface area contributed by atoms with Crippen LogP contribution < -0.4 is 0 Å². The Balaban J connectivity index is 0.000000640. The molecule has 0 aliphatic carbocycles. The molecule has 1 radical (unpaired) electrons. The van der Waals surface area contributed by atoms with Crippen molar-refractivity contribution >= 4 is 0 Å².